The number of ether oxygens (including phenoxy) is 1. The van der Waals surface area contributed by atoms with Crippen LogP contribution in [0, 0.1) is 0 Å². The zero-order chi connectivity index (χ0) is 7.70. The first kappa shape index (κ1) is 11.0. The number of hydrogen-bond donors (Lipinski definition) is 1. The maximum atomic E-state index is 9.25. The van der Waals surface area contributed by atoms with Crippen LogP contribution in [-0.2, 0) is 9.53 Å². The number of carbonyl (C=O) groups is 1. The fraction of sp³-hybridized carbons (Fsp3) is 0.500. The molecule has 0 rings (SSSR count). The SMILES string of the molecule is C=CC(=O)O.CCOC. The first-order chi connectivity index (χ1) is 4.18. The van der Waals surface area contributed by atoms with Crippen molar-refractivity contribution >= 4 is 5.97 Å². The van der Waals surface area contributed by atoms with Gasteiger partial charge in [-0.05, 0) is 6.92 Å². The number of methoxy groups -OCH3 is 1. The molecule has 0 aliphatic rings. The molecule has 3 heteroatoms. The first-order valence-corrected chi connectivity index (χ1v) is 2.53. The van der Waals surface area contributed by atoms with Crippen molar-refractivity contribution in [2.75, 3.05) is 13.7 Å². The summed E-state index contributed by atoms with van der Waals surface area (Å²) in [5.41, 5.74) is 0. The summed E-state index contributed by atoms with van der Waals surface area (Å²) in [6.07, 6.45) is 0.833. The van der Waals surface area contributed by atoms with Gasteiger partial charge in [-0.2, -0.15) is 0 Å². The van der Waals surface area contributed by atoms with Gasteiger partial charge in [-0.1, -0.05) is 6.58 Å². The van der Waals surface area contributed by atoms with E-state index < -0.39 is 5.97 Å². The van der Waals surface area contributed by atoms with Crippen molar-refractivity contribution in [2.24, 2.45) is 0 Å². The smallest absolute Gasteiger partial charge is 0.327 e. The van der Waals surface area contributed by atoms with E-state index in [1.165, 1.54) is 0 Å². The molecule has 0 aromatic rings. The number of hydrogen-bond acceptors (Lipinski definition) is 2. The van der Waals surface area contributed by atoms with Crippen molar-refractivity contribution in [1.82, 2.24) is 0 Å². The van der Waals surface area contributed by atoms with Gasteiger partial charge in [0.25, 0.3) is 0 Å². The maximum Gasteiger partial charge on any atom is 0.327 e. The van der Waals surface area contributed by atoms with Crippen LogP contribution >= 0.6 is 0 Å². The average molecular weight is 132 g/mol. The fourth-order valence-corrected chi connectivity index (χ4v) is 0. The molecule has 0 bridgehead atoms. The number of rotatable bonds is 2. The lowest BCUT2D eigenvalue weighted by Crippen LogP contribution is -1.82. The molecular formula is C6H12O3. The normalized spacial score (nSPS) is 6.89. The second-order valence-corrected chi connectivity index (χ2v) is 1.12. The van der Waals surface area contributed by atoms with Crippen LogP contribution in [0.25, 0.3) is 0 Å². The highest BCUT2D eigenvalue weighted by Gasteiger charge is 1.73. The van der Waals surface area contributed by atoms with E-state index in [2.05, 4.69) is 11.3 Å². The Morgan fingerprint density at radius 2 is 2.11 bits per heavy atom. The molecule has 0 unspecified atom stereocenters. The molecule has 1 N–H and O–H groups in total. The molecule has 0 fully saturated rings. The van der Waals surface area contributed by atoms with Crippen LogP contribution in [0.15, 0.2) is 12.7 Å². The Bertz CT molecular complexity index is 76.4. The summed E-state index contributed by atoms with van der Waals surface area (Å²) < 4.78 is 4.54. The predicted molar refractivity (Wildman–Crippen MR) is 35.4 cm³/mol. The molecule has 54 valence electrons. The van der Waals surface area contributed by atoms with Gasteiger partial charge in [0, 0.05) is 19.8 Å². The zero-order valence-corrected chi connectivity index (χ0v) is 5.76. The van der Waals surface area contributed by atoms with Gasteiger partial charge in [-0.25, -0.2) is 4.79 Å². The lowest BCUT2D eigenvalue weighted by molar-refractivity contribution is -0.131. The summed E-state index contributed by atoms with van der Waals surface area (Å²) in [5.74, 6) is -0.981. The van der Waals surface area contributed by atoms with Gasteiger partial charge in [-0.15, -0.1) is 0 Å². The van der Waals surface area contributed by atoms with Crippen LogP contribution in [0.5, 0.6) is 0 Å². The van der Waals surface area contributed by atoms with Crippen LogP contribution in [0.2, 0.25) is 0 Å². The van der Waals surface area contributed by atoms with Gasteiger partial charge in [0.15, 0.2) is 0 Å². The third kappa shape index (κ3) is 40.7. The highest BCUT2D eigenvalue weighted by molar-refractivity contribution is 5.78. The number of carboxylic acids is 1. The van der Waals surface area contributed by atoms with Crippen molar-refractivity contribution in [2.45, 2.75) is 6.92 Å². The van der Waals surface area contributed by atoms with Gasteiger partial charge >= 0.3 is 5.97 Å². The second-order valence-electron chi connectivity index (χ2n) is 1.12. The molecule has 9 heavy (non-hydrogen) atoms. The monoisotopic (exact) mass is 132 g/mol. The van der Waals surface area contributed by atoms with Gasteiger partial charge in [0.2, 0.25) is 0 Å². The quantitative estimate of drug-likeness (QED) is 0.568. The average Bonchev–Trinajstić information content (AvgIpc) is 1.89. The van der Waals surface area contributed by atoms with E-state index in [0.29, 0.717) is 0 Å². The van der Waals surface area contributed by atoms with Crippen molar-refractivity contribution in [3.05, 3.63) is 12.7 Å². The maximum absolute atomic E-state index is 9.25. The third-order valence-electron chi connectivity index (χ3n) is 0.463. The molecule has 0 aromatic heterocycles. The van der Waals surface area contributed by atoms with Gasteiger partial charge in [0.05, 0.1) is 0 Å². The summed E-state index contributed by atoms with van der Waals surface area (Å²) in [4.78, 5) is 9.25. The summed E-state index contributed by atoms with van der Waals surface area (Å²) in [6, 6.07) is 0. The van der Waals surface area contributed by atoms with Gasteiger partial charge in [-0.3, -0.25) is 0 Å². The summed E-state index contributed by atoms with van der Waals surface area (Å²) in [7, 11) is 1.68. The minimum Gasteiger partial charge on any atom is -0.478 e. The third-order valence-corrected chi connectivity index (χ3v) is 0.463. The van der Waals surface area contributed by atoms with E-state index in [1.54, 1.807) is 7.11 Å². The Labute approximate surface area is 54.9 Å². The molecule has 0 saturated carbocycles. The second kappa shape index (κ2) is 10.2. The van der Waals surface area contributed by atoms with Crippen molar-refractivity contribution in [3.63, 3.8) is 0 Å². The highest BCUT2D eigenvalue weighted by Crippen LogP contribution is 1.54. The minimum absolute atomic E-state index is 0.819. The summed E-state index contributed by atoms with van der Waals surface area (Å²) in [6.45, 7) is 5.74. The highest BCUT2D eigenvalue weighted by atomic mass is 16.5. The van der Waals surface area contributed by atoms with Crippen molar-refractivity contribution in [1.29, 1.82) is 0 Å². The molecule has 0 heterocycles. The lowest BCUT2D eigenvalue weighted by atomic mass is 10.7. The van der Waals surface area contributed by atoms with Crippen LogP contribution in [0.4, 0.5) is 0 Å². The Morgan fingerprint density at radius 1 is 1.89 bits per heavy atom. The predicted octanol–water partition coefficient (Wildman–Crippen LogP) is 0.910. The van der Waals surface area contributed by atoms with E-state index in [-0.39, 0.29) is 0 Å². The topological polar surface area (TPSA) is 46.5 Å². The summed E-state index contributed by atoms with van der Waals surface area (Å²) in [5, 5.41) is 7.60. The fourth-order valence-electron chi connectivity index (χ4n) is 0. The van der Waals surface area contributed by atoms with E-state index in [9.17, 15) is 4.79 Å². The Balaban J connectivity index is 0. The standard InChI is InChI=1S/C3H4O2.C3H8O/c1-2-3(4)5;1-3-4-2/h2H,1H2,(H,4,5);3H2,1-2H3. The molecule has 0 atom stereocenters. The Hall–Kier alpha value is -0.830. The molecule has 0 saturated heterocycles. The molecule has 3 nitrogen and oxygen atoms in total. The van der Waals surface area contributed by atoms with E-state index >= 15 is 0 Å². The minimum atomic E-state index is -0.981. The lowest BCUT2D eigenvalue weighted by Gasteiger charge is -1.76. The van der Waals surface area contributed by atoms with E-state index in [0.717, 1.165) is 12.7 Å². The molecule has 0 spiro atoms. The molecule has 0 radical (unpaired) electrons. The van der Waals surface area contributed by atoms with E-state index in [4.69, 9.17) is 5.11 Å². The molecular weight excluding hydrogens is 120 g/mol. The van der Waals surface area contributed by atoms with E-state index in [1.807, 2.05) is 6.92 Å². The molecule has 0 aromatic carbocycles. The van der Waals surface area contributed by atoms with Crippen molar-refractivity contribution in [3.8, 4) is 0 Å². The summed E-state index contributed by atoms with van der Waals surface area (Å²) >= 11 is 0. The van der Waals surface area contributed by atoms with Gasteiger partial charge < -0.3 is 9.84 Å². The Morgan fingerprint density at radius 3 is 2.11 bits per heavy atom. The molecule has 0 aliphatic heterocycles. The van der Waals surface area contributed by atoms with Crippen LogP contribution in [-0.4, -0.2) is 24.8 Å². The van der Waals surface area contributed by atoms with Crippen LogP contribution < -0.4 is 0 Å². The van der Waals surface area contributed by atoms with Crippen LogP contribution in [0.3, 0.4) is 0 Å². The molecule has 0 amide bonds. The Kier molecular flexibility index (Phi) is 12.5. The largest absolute Gasteiger partial charge is 0.478 e. The number of aliphatic carboxylic acids is 1. The van der Waals surface area contributed by atoms with Crippen LogP contribution in [0.1, 0.15) is 6.92 Å². The van der Waals surface area contributed by atoms with Gasteiger partial charge in [0.1, 0.15) is 0 Å². The number of carboxylic acid groups (broad SMARTS) is 1. The molecule has 0 aliphatic carbocycles. The van der Waals surface area contributed by atoms with Crippen molar-refractivity contribution < 1.29 is 14.6 Å². The first-order valence-electron chi connectivity index (χ1n) is 2.53. The zero-order valence-electron chi connectivity index (χ0n) is 5.76.